The third-order valence-electron chi connectivity index (χ3n) is 6.68. The van der Waals surface area contributed by atoms with Crippen LogP contribution in [0.2, 0.25) is 0 Å². The van der Waals surface area contributed by atoms with Crippen molar-refractivity contribution in [3.63, 3.8) is 0 Å². The van der Waals surface area contributed by atoms with Crippen LogP contribution >= 0.6 is 11.3 Å². The van der Waals surface area contributed by atoms with Gasteiger partial charge in [-0.05, 0) is 42.3 Å². The number of rotatable bonds is 7. The highest BCUT2D eigenvalue weighted by Gasteiger charge is 2.17. The third kappa shape index (κ3) is 4.58. The quantitative estimate of drug-likeness (QED) is 0.225. The molecule has 190 valence electrons. The summed E-state index contributed by atoms with van der Waals surface area (Å²) < 4.78 is 0. The van der Waals surface area contributed by atoms with E-state index in [0.29, 0.717) is 11.5 Å². The Morgan fingerprint density at radius 3 is 2.56 bits per heavy atom. The lowest BCUT2D eigenvalue weighted by molar-refractivity contribution is 0.691. The number of pyridine rings is 3. The summed E-state index contributed by atoms with van der Waals surface area (Å²) in [6.07, 6.45) is 9.28. The van der Waals surface area contributed by atoms with Crippen LogP contribution in [0.25, 0.3) is 55.2 Å². The molecule has 0 aliphatic carbocycles. The van der Waals surface area contributed by atoms with Gasteiger partial charge in [-0.1, -0.05) is 30.3 Å². The van der Waals surface area contributed by atoms with Crippen LogP contribution in [0.3, 0.4) is 0 Å². The number of nitrogens with one attached hydrogen (secondary N) is 3. The van der Waals surface area contributed by atoms with Crippen LogP contribution in [-0.2, 0) is 13.1 Å². The zero-order chi connectivity index (χ0) is 26.2. The fraction of sp³-hybridized carbons (Fsp3) is 0.100. The molecule has 8 nitrogen and oxygen atoms in total. The zero-order valence-electron chi connectivity index (χ0n) is 21.1. The molecular weight excluding hydrogens is 504 g/mol. The second-order valence-electron chi connectivity index (χ2n) is 9.44. The molecule has 0 unspecified atom stereocenters. The second kappa shape index (κ2) is 9.86. The van der Waals surface area contributed by atoms with Gasteiger partial charge in [0.2, 0.25) is 0 Å². The first-order valence-electron chi connectivity index (χ1n) is 12.7. The summed E-state index contributed by atoms with van der Waals surface area (Å²) in [6.45, 7) is 3.63. The van der Waals surface area contributed by atoms with Crippen molar-refractivity contribution in [3.8, 4) is 33.1 Å². The van der Waals surface area contributed by atoms with Crippen LogP contribution in [0.1, 0.15) is 16.0 Å². The van der Waals surface area contributed by atoms with E-state index in [-0.39, 0.29) is 0 Å². The highest BCUT2D eigenvalue weighted by molar-refractivity contribution is 7.15. The van der Waals surface area contributed by atoms with Crippen molar-refractivity contribution < 1.29 is 0 Å². The molecule has 0 atom stereocenters. The van der Waals surface area contributed by atoms with Crippen LogP contribution in [-0.4, -0.2) is 35.1 Å². The van der Waals surface area contributed by atoms with Gasteiger partial charge in [-0.25, -0.2) is 9.97 Å². The van der Waals surface area contributed by atoms with Gasteiger partial charge >= 0.3 is 0 Å². The summed E-state index contributed by atoms with van der Waals surface area (Å²) in [5.41, 5.74) is 8.52. The minimum absolute atomic E-state index is 0.634. The smallest absolute Gasteiger partial charge is 0.181 e. The number of fused-ring (bicyclic) bond motifs is 2. The van der Waals surface area contributed by atoms with Crippen molar-refractivity contribution in [1.29, 1.82) is 0 Å². The fourth-order valence-corrected chi connectivity index (χ4v) is 5.62. The summed E-state index contributed by atoms with van der Waals surface area (Å²) in [5.74, 6) is 0.700. The summed E-state index contributed by atoms with van der Waals surface area (Å²) >= 11 is 1.73. The average Bonchev–Trinajstić information content (AvgIpc) is 3.71. The largest absolute Gasteiger partial charge is 0.335 e. The molecule has 6 aromatic heterocycles. The molecule has 7 rings (SSSR count). The van der Waals surface area contributed by atoms with Gasteiger partial charge < -0.3 is 10.3 Å². The van der Waals surface area contributed by atoms with E-state index in [1.165, 1.54) is 10.4 Å². The monoisotopic (exact) mass is 528 g/mol. The van der Waals surface area contributed by atoms with E-state index in [0.717, 1.165) is 62.3 Å². The van der Waals surface area contributed by atoms with Gasteiger partial charge in [-0.3, -0.25) is 15.1 Å². The molecule has 0 aliphatic heterocycles. The number of aryl methyl sites for hydroxylation is 1. The SMILES string of the molecule is Cc1ccc(-c2cncc3[nH]c(-c4[nH]nc5ncc(-c6cncc(CNCc7ccccc7)c6)cc45)nc23)s1. The first-order valence-corrected chi connectivity index (χ1v) is 13.5. The number of imidazole rings is 1. The topological polar surface area (TPSA) is 108 Å². The van der Waals surface area contributed by atoms with Crippen molar-refractivity contribution in [2.24, 2.45) is 0 Å². The van der Waals surface area contributed by atoms with Gasteiger partial charge in [0, 0.05) is 64.3 Å². The number of thiophene rings is 1. The number of nitrogens with zero attached hydrogens (tertiary/aromatic N) is 5. The average molecular weight is 529 g/mol. The molecule has 0 spiro atoms. The van der Waals surface area contributed by atoms with Crippen molar-refractivity contribution >= 4 is 33.4 Å². The number of hydrogen-bond acceptors (Lipinski definition) is 7. The molecule has 39 heavy (non-hydrogen) atoms. The predicted octanol–water partition coefficient (Wildman–Crippen LogP) is 6.28. The lowest BCUT2D eigenvalue weighted by atomic mass is 10.1. The van der Waals surface area contributed by atoms with Crippen LogP contribution < -0.4 is 5.32 Å². The number of aromatic nitrogens is 7. The Bertz CT molecular complexity index is 1920. The minimum Gasteiger partial charge on any atom is -0.335 e. The van der Waals surface area contributed by atoms with Gasteiger partial charge in [0.25, 0.3) is 0 Å². The molecule has 0 aliphatic rings. The Kier molecular flexibility index (Phi) is 5.92. The van der Waals surface area contributed by atoms with Crippen molar-refractivity contribution in [3.05, 3.63) is 102 Å². The van der Waals surface area contributed by atoms with Gasteiger partial charge in [-0.2, -0.15) is 5.10 Å². The van der Waals surface area contributed by atoms with Crippen molar-refractivity contribution in [2.45, 2.75) is 20.0 Å². The Labute approximate surface area is 228 Å². The van der Waals surface area contributed by atoms with Gasteiger partial charge in [0.1, 0.15) is 11.2 Å². The normalized spacial score (nSPS) is 11.5. The van der Waals surface area contributed by atoms with Crippen molar-refractivity contribution in [1.82, 2.24) is 40.4 Å². The highest BCUT2D eigenvalue weighted by Crippen LogP contribution is 2.34. The molecule has 3 N–H and O–H groups in total. The number of hydrogen-bond donors (Lipinski definition) is 3. The number of benzene rings is 1. The second-order valence-corrected chi connectivity index (χ2v) is 10.7. The maximum absolute atomic E-state index is 4.96. The lowest BCUT2D eigenvalue weighted by Gasteiger charge is -2.07. The van der Waals surface area contributed by atoms with E-state index in [2.05, 4.69) is 90.9 Å². The van der Waals surface area contributed by atoms with Gasteiger partial charge in [0.15, 0.2) is 11.5 Å². The summed E-state index contributed by atoms with van der Waals surface area (Å²) in [4.78, 5) is 24.3. The molecule has 0 saturated heterocycles. The molecule has 0 radical (unpaired) electrons. The summed E-state index contributed by atoms with van der Waals surface area (Å²) in [7, 11) is 0. The van der Waals surface area contributed by atoms with Crippen LogP contribution in [0.4, 0.5) is 0 Å². The van der Waals surface area contributed by atoms with Crippen LogP contribution in [0.5, 0.6) is 0 Å². The van der Waals surface area contributed by atoms with Gasteiger partial charge in [-0.15, -0.1) is 11.3 Å². The van der Waals surface area contributed by atoms with E-state index < -0.39 is 0 Å². The molecule has 0 amide bonds. The molecular formula is C30H24N8S. The van der Waals surface area contributed by atoms with Gasteiger partial charge in [0.05, 0.1) is 17.1 Å². The molecule has 7 aromatic rings. The van der Waals surface area contributed by atoms with E-state index in [4.69, 9.17) is 4.98 Å². The predicted molar refractivity (Wildman–Crippen MR) is 155 cm³/mol. The number of aromatic amines is 2. The molecule has 0 fully saturated rings. The maximum Gasteiger partial charge on any atom is 0.181 e. The van der Waals surface area contributed by atoms with E-state index in [1.54, 1.807) is 17.5 Å². The molecule has 0 saturated carbocycles. The molecule has 1 aromatic carbocycles. The van der Waals surface area contributed by atoms with Crippen molar-refractivity contribution in [2.75, 3.05) is 0 Å². The Hall–Kier alpha value is -4.73. The zero-order valence-corrected chi connectivity index (χ0v) is 22.0. The standard InChI is InChI=1S/C30H24N8S/c1-18-7-8-26(39-18)24-16-33-17-25-27(24)36-30(35-25)28-23-10-22(15-34-29(23)38-37-28)21-9-20(13-32-14-21)12-31-11-19-5-3-2-4-6-19/h2-10,13-17,31H,11-12H2,1H3,(H,35,36)(H,34,37,38). The first-order chi connectivity index (χ1) is 19.2. The summed E-state index contributed by atoms with van der Waals surface area (Å²) in [6, 6.07) is 18.8. The van der Waals surface area contributed by atoms with E-state index in [9.17, 15) is 0 Å². The Morgan fingerprint density at radius 1 is 0.846 bits per heavy atom. The van der Waals surface area contributed by atoms with Crippen LogP contribution in [0.15, 0.2) is 85.6 Å². The Morgan fingerprint density at radius 2 is 1.69 bits per heavy atom. The maximum atomic E-state index is 4.96. The highest BCUT2D eigenvalue weighted by atomic mass is 32.1. The first kappa shape index (κ1) is 23.4. The third-order valence-corrected chi connectivity index (χ3v) is 7.71. The lowest BCUT2D eigenvalue weighted by Crippen LogP contribution is -2.12. The molecule has 0 bridgehead atoms. The van der Waals surface area contributed by atoms with Crippen LogP contribution in [0, 0.1) is 6.92 Å². The Balaban J connectivity index is 1.20. The minimum atomic E-state index is 0.634. The summed E-state index contributed by atoms with van der Waals surface area (Å²) in [5, 5.41) is 12.0. The fourth-order valence-electron chi connectivity index (χ4n) is 4.74. The molecule has 9 heteroatoms. The van der Waals surface area contributed by atoms with E-state index in [1.807, 2.05) is 30.9 Å². The number of H-pyrrole nitrogens is 2. The van der Waals surface area contributed by atoms with E-state index >= 15 is 0 Å². The molecule has 6 heterocycles.